The summed E-state index contributed by atoms with van der Waals surface area (Å²) < 4.78 is 44.6. The van der Waals surface area contributed by atoms with Crippen molar-refractivity contribution in [1.82, 2.24) is 21.3 Å². The summed E-state index contributed by atoms with van der Waals surface area (Å²) in [5, 5.41) is 149. The van der Waals surface area contributed by atoms with Gasteiger partial charge in [0.2, 0.25) is 23.6 Å². The maximum atomic E-state index is 12.5. The second-order valence-corrected chi connectivity index (χ2v) is 16.5. The van der Waals surface area contributed by atoms with Crippen molar-refractivity contribution >= 4 is 29.6 Å². The Bertz CT molecular complexity index is 1850. The average molecular weight is 1030 g/mol. The molecule has 0 aromatic heterocycles. The predicted molar refractivity (Wildman–Crippen MR) is 228 cm³/mol. The van der Waals surface area contributed by atoms with Crippen LogP contribution in [0.2, 0.25) is 0 Å². The minimum absolute atomic E-state index is 0.369. The van der Waals surface area contributed by atoms with Crippen LogP contribution in [0.5, 0.6) is 0 Å². The van der Waals surface area contributed by atoms with Crippen molar-refractivity contribution in [3.8, 4) is 0 Å². The zero-order valence-corrected chi connectivity index (χ0v) is 39.1. The molecule has 408 valence electrons. The standard InChI is InChI=1S/C40H67N5O26/c1-13(50)42-24(29(57)19(6-8-46)65-36(61)23(41)28(56)18(55)7-9-64-17(5)54)38(63)69-33-21(11-48)67-39(26(31(33)59)44-15(3)52)71-35-22(12-49)68-40(27(32(35)60)45-16(4)53)70-34-20(10-47)66-37(62)25(30(34)58)43-14(2)51/h18-22,25-27,30-40,46-49,55-63H,6-12,41H2,1-5H3,(H,42,50)(H,43,51)(H,44,52)(H,45,53)/b28-23-,29-24-. The quantitative estimate of drug-likeness (QED) is 0.0242. The van der Waals surface area contributed by atoms with E-state index in [1.165, 1.54) is 0 Å². The van der Waals surface area contributed by atoms with Crippen LogP contribution in [0.1, 0.15) is 47.5 Å². The van der Waals surface area contributed by atoms with E-state index in [0.29, 0.717) is 0 Å². The third-order valence-corrected chi connectivity index (χ3v) is 11.0. The lowest BCUT2D eigenvalue weighted by Crippen LogP contribution is -2.71. The van der Waals surface area contributed by atoms with Gasteiger partial charge in [-0.3, -0.25) is 24.0 Å². The molecule has 4 amide bonds. The lowest BCUT2D eigenvalue weighted by Gasteiger charge is -2.50. The predicted octanol–water partition coefficient (Wildman–Crippen LogP) is -8.76. The van der Waals surface area contributed by atoms with Crippen molar-refractivity contribution in [2.75, 3.05) is 33.0 Å². The van der Waals surface area contributed by atoms with Gasteiger partial charge in [0, 0.05) is 54.1 Å². The van der Waals surface area contributed by atoms with Crippen molar-refractivity contribution in [2.45, 2.75) is 164 Å². The van der Waals surface area contributed by atoms with Crippen molar-refractivity contribution in [2.24, 2.45) is 5.73 Å². The molecular formula is C40H67N5O26. The Balaban J connectivity index is 1.95. The summed E-state index contributed by atoms with van der Waals surface area (Å²) in [5.74, 6) is -6.23. The fourth-order valence-electron chi connectivity index (χ4n) is 7.65. The van der Waals surface area contributed by atoms with Crippen LogP contribution < -0.4 is 27.0 Å². The van der Waals surface area contributed by atoms with E-state index in [0.717, 1.165) is 34.6 Å². The smallest absolute Gasteiger partial charge is 0.302 e. The molecule has 0 spiro atoms. The van der Waals surface area contributed by atoms with Gasteiger partial charge < -0.3 is 131 Å². The second-order valence-electron chi connectivity index (χ2n) is 16.5. The number of esters is 1. The van der Waals surface area contributed by atoms with E-state index in [-0.39, 0.29) is 13.0 Å². The molecule has 3 aliphatic rings. The molecular weight excluding hydrogens is 966 g/mol. The Morgan fingerprint density at radius 2 is 1.06 bits per heavy atom. The molecule has 3 fully saturated rings. The minimum Gasteiger partial charge on any atom is -0.508 e. The number of hydrogen-bond acceptors (Lipinski definition) is 27. The number of carbonyl (C=O) groups is 5. The summed E-state index contributed by atoms with van der Waals surface area (Å²) in [7, 11) is 0. The topological polar surface area (TPSA) is 496 Å². The van der Waals surface area contributed by atoms with Crippen molar-refractivity contribution in [3.63, 3.8) is 0 Å². The van der Waals surface area contributed by atoms with Gasteiger partial charge in [-0.1, -0.05) is 0 Å². The molecule has 3 aliphatic heterocycles. The van der Waals surface area contributed by atoms with Gasteiger partial charge in [0.05, 0.1) is 26.4 Å². The molecule has 3 rings (SSSR count). The van der Waals surface area contributed by atoms with Crippen LogP contribution in [0.4, 0.5) is 0 Å². The molecule has 19 N–H and O–H groups in total. The Morgan fingerprint density at radius 1 is 0.606 bits per heavy atom. The summed E-state index contributed by atoms with van der Waals surface area (Å²) in [5.41, 5.74) is 3.88. The van der Waals surface area contributed by atoms with E-state index in [9.17, 15) is 90.4 Å². The number of ether oxygens (including phenoxy) is 8. The first-order valence-corrected chi connectivity index (χ1v) is 21.9. The highest BCUT2D eigenvalue weighted by atomic mass is 16.7. The first kappa shape index (κ1) is 60.8. The molecule has 3 saturated heterocycles. The maximum absolute atomic E-state index is 12.5. The highest BCUT2D eigenvalue weighted by molar-refractivity contribution is 5.75. The molecule has 19 unspecified atom stereocenters. The summed E-state index contributed by atoms with van der Waals surface area (Å²) in [4.78, 5) is 60.2. The van der Waals surface area contributed by atoms with E-state index < -0.39 is 202 Å². The molecule has 0 aromatic carbocycles. The van der Waals surface area contributed by atoms with Crippen LogP contribution in [0, 0.1) is 0 Å². The largest absolute Gasteiger partial charge is 0.508 e. The molecule has 0 saturated carbocycles. The monoisotopic (exact) mass is 1030 g/mol. The van der Waals surface area contributed by atoms with Crippen LogP contribution in [-0.2, 0) is 61.9 Å². The summed E-state index contributed by atoms with van der Waals surface area (Å²) in [6.45, 7) is 0.979. The van der Waals surface area contributed by atoms with Crippen LogP contribution in [0.3, 0.4) is 0 Å². The lowest BCUT2D eigenvalue weighted by atomic mass is 9.93. The molecule has 71 heavy (non-hydrogen) atoms. The molecule has 0 aliphatic carbocycles. The summed E-state index contributed by atoms with van der Waals surface area (Å²) >= 11 is 0. The van der Waals surface area contributed by atoms with E-state index in [4.69, 9.17) is 38.9 Å². The highest BCUT2D eigenvalue weighted by Crippen LogP contribution is 2.34. The second kappa shape index (κ2) is 28.1. The van der Waals surface area contributed by atoms with E-state index in [2.05, 4.69) is 26.0 Å². The van der Waals surface area contributed by atoms with Gasteiger partial charge in [0.25, 0.3) is 0 Å². The average Bonchev–Trinajstić information content (AvgIpc) is 3.29. The van der Waals surface area contributed by atoms with Crippen LogP contribution in [0.25, 0.3) is 0 Å². The van der Waals surface area contributed by atoms with Gasteiger partial charge in [0.1, 0.15) is 108 Å². The van der Waals surface area contributed by atoms with Gasteiger partial charge in [0.15, 0.2) is 31.5 Å². The van der Waals surface area contributed by atoms with Gasteiger partial charge in [-0.25, -0.2) is 0 Å². The van der Waals surface area contributed by atoms with Crippen LogP contribution in [-0.4, -0.2) is 246 Å². The van der Waals surface area contributed by atoms with Crippen molar-refractivity contribution in [3.05, 3.63) is 22.9 Å². The Hall–Kier alpha value is -4.49. The van der Waals surface area contributed by atoms with Gasteiger partial charge in [-0.15, -0.1) is 0 Å². The first-order valence-electron chi connectivity index (χ1n) is 21.9. The molecule has 0 radical (unpaired) electrons. The van der Waals surface area contributed by atoms with E-state index in [1.54, 1.807) is 0 Å². The number of aliphatic hydroxyl groups excluding tert-OH is 13. The molecule has 0 bridgehead atoms. The normalized spacial score (nSPS) is 33.5. The Kier molecular flexibility index (Phi) is 24.1. The molecule has 31 nitrogen and oxygen atoms in total. The summed E-state index contributed by atoms with van der Waals surface area (Å²) in [6, 6.07) is -4.99. The zero-order chi connectivity index (χ0) is 53.6. The summed E-state index contributed by atoms with van der Waals surface area (Å²) in [6.07, 6.45) is -31.5. The van der Waals surface area contributed by atoms with Gasteiger partial charge in [-0.05, 0) is 0 Å². The lowest BCUT2D eigenvalue weighted by molar-refractivity contribution is -0.355. The highest BCUT2D eigenvalue weighted by Gasteiger charge is 2.55. The van der Waals surface area contributed by atoms with Crippen LogP contribution >= 0.6 is 0 Å². The first-order chi connectivity index (χ1) is 33.3. The Labute approximate surface area is 404 Å². The van der Waals surface area contributed by atoms with Gasteiger partial charge in [-0.2, -0.15) is 0 Å². The zero-order valence-electron chi connectivity index (χ0n) is 39.1. The molecule has 0 aromatic rings. The Morgan fingerprint density at radius 3 is 1.51 bits per heavy atom. The fourth-order valence-corrected chi connectivity index (χ4v) is 7.65. The number of nitrogens with two attached hydrogens (primary N) is 1. The SMILES string of the molecule is CC(=O)N/C(=C(\O)C(CCO)OC(O)/C(N)=C(/O)C(O)CCOC(C)=O)C(O)OC1C(CO)OC(OC2C(CO)OC(OC3C(CO)OC(O)C(NC(C)=O)C3O)C(NC(C)=O)C2O)C(NC(C)=O)C1O. The number of amides is 4. The van der Waals surface area contributed by atoms with Crippen molar-refractivity contribution in [1.29, 1.82) is 0 Å². The fraction of sp³-hybridized carbons (Fsp3) is 0.775. The van der Waals surface area contributed by atoms with Crippen molar-refractivity contribution < 1.29 is 128 Å². The van der Waals surface area contributed by atoms with Crippen LogP contribution in [0.15, 0.2) is 22.9 Å². The van der Waals surface area contributed by atoms with E-state index >= 15 is 0 Å². The number of rotatable bonds is 24. The minimum atomic E-state index is -2.55. The number of nitrogens with one attached hydrogen (secondary N) is 4. The third-order valence-electron chi connectivity index (χ3n) is 11.0. The van der Waals surface area contributed by atoms with E-state index in [1.807, 2.05) is 0 Å². The third kappa shape index (κ3) is 16.5. The molecule has 19 atom stereocenters. The molecule has 3 heterocycles. The maximum Gasteiger partial charge on any atom is 0.302 e. The number of carbonyl (C=O) groups excluding carboxylic acids is 5. The molecule has 31 heteroatoms. The van der Waals surface area contributed by atoms with Gasteiger partial charge >= 0.3 is 5.97 Å². The number of hydrogen-bond donors (Lipinski definition) is 18. The number of aliphatic hydroxyl groups is 13.